The van der Waals surface area contributed by atoms with Crippen molar-refractivity contribution in [1.82, 2.24) is 9.88 Å². The van der Waals surface area contributed by atoms with E-state index in [-0.39, 0.29) is 11.8 Å². The molecule has 0 unspecified atom stereocenters. The Morgan fingerprint density at radius 1 is 0.771 bits per heavy atom. The number of nitrogens with zero attached hydrogens (tertiary/aromatic N) is 3. The van der Waals surface area contributed by atoms with Crippen molar-refractivity contribution < 1.29 is 9.21 Å². The lowest BCUT2D eigenvalue weighted by molar-refractivity contribution is 0.0707. The van der Waals surface area contributed by atoms with Crippen molar-refractivity contribution >= 4 is 58.0 Å². The summed E-state index contributed by atoms with van der Waals surface area (Å²) in [5.74, 6) is 0.178. The first kappa shape index (κ1) is 24.0. The monoisotopic (exact) mass is 545 g/mol. The van der Waals surface area contributed by atoms with Crippen LogP contribution in [0.5, 0.6) is 0 Å². The van der Waals surface area contributed by atoms with Gasteiger partial charge >= 0.3 is 5.91 Å². The minimum absolute atomic E-state index is 0.0101. The molecule has 1 amide bonds. The standard InChI is InChI=1S/C26H19Cl4N3O2/c27-17-3-1-16(2-4-17)24-23(21-10-7-19(29)15-22(21)30)31-25(35-24)26(34)33-13-11-32(12-14-33)20-8-5-18(28)6-9-20/h1-10,15H,11-14H2. The second kappa shape index (κ2) is 10.1. The molecule has 5 nitrogen and oxygen atoms in total. The van der Waals surface area contributed by atoms with Crippen molar-refractivity contribution in [2.75, 3.05) is 31.1 Å². The average Bonchev–Trinajstić information content (AvgIpc) is 3.30. The Morgan fingerprint density at radius 2 is 1.37 bits per heavy atom. The van der Waals surface area contributed by atoms with Gasteiger partial charge in [0.2, 0.25) is 0 Å². The molecule has 9 heteroatoms. The summed E-state index contributed by atoms with van der Waals surface area (Å²) in [6, 6.07) is 19.9. The number of carbonyl (C=O) groups is 1. The number of anilines is 1. The minimum Gasteiger partial charge on any atom is -0.432 e. The number of piperazine rings is 1. The fraction of sp³-hybridized carbons (Fsp3) is 0.154. The van der Waals surface area contributed by atoms with Crippen LogP contribution in [0.15, 0.2) is 71.1 Å². The summed E-state index contributed by atoms with van der Waals surface area (Å²) < 4.78 is 6.05. The van der Waals surface area contributed by atoms with E-state index in [1.807, 2.05) is 36.4 Å². The second-order valence-corrected chi connectivity index (χ2v) is 9.80. The van der Waals surface area contributed by atoms with Crippen LogP contribution < -0.4 is 4.90 Å². The summed E-state index contributed by atoms with van der Waals surface area (Å²) in [6.45, 7) is 2.45. The molecule has 5 rings (SSSR count). The quantitative estimate of drug-likeness (QED) is 0.264. The van der Waals surface area contributed by atoms with Crippen molar-refractivity contribution in [2.24, 2.45) is 0 Å². The lowest BCUT2D eigenvalue weighted by Crippen LogP contribution is -2.48. The van der Waals surface area contributed by atoms with Crippen molar-refractivity contribution in [1.29, 1.82) is 0 Å². The fourth-order valence-electron chi connectivity index (χ4n) is 4.03. The van der Waals surface area contributed by atoms with E-state index in [1.165, 1.54) is 0 Å². The highest BCUT2D eigenvalue weighted by Gasteiger charge is 2.28. The van der Waals surface area contributed by atoms with Gasteiger partial charge in [-0.15, -0.1) is 0 Å². The van der Waals surface area contributed by atoms with Gasteiger partial charge in [-0.05, 0) is 66.7 Å². The van der Waals surface area contributed by atoms with Crippen LogP contribution in [0.4, 0.5) is 5.69 Å². The Balaban J connectivity index is 1.43. The molecule has 0 saturated carbocycles. The van der Waals surface area contributed by atoms with Gasteiger partial charge in [0.15, 0.2) is 5.76 Å². The second-order valence-electron chi connectivity index (χ2n) is 8.08. The normalized spacial score (nSPS) is 13.8. The number of hydrogen-bond donors (Lipinski definition) is 0. The van der Waals surface area contributed by atoms with E-state index in [0.29, 0.717) is 63.3 Å². The van der Waals surface area contributed by atoms with Crippen molar-refractivity contribution in [3.8, 4) is 22.6 Å². The summed E-state index contributed by atoms with van der Waals surface area (Å²) >= 11 is 24.6. The third-order valence-electron chi connectivity index (χ3n) is 5.86. The van der Waals surface area contributed by atoms with Crippen LogP contribution in [0.3, 0.4) is 0 Å². The molecule has 4 aromatic rings. The highest BCUT2D eigenvalue weighted by Crippen LogP contribution is 2.38. The van der Waals surface area contributed by atoms with Crippen molar-refractivity contribution in [3.63, 3.8) is 0 Å². The Morgan fingerprint density at radius 3 is 2.00 bits per heavy atom. The molecule has 178 valence electrons. The molecule has 1 fully saturated rings. The maximum absolute atomic E-state index is 13.4. The third kappa shape index (κ3) is 5.14. The molecular weight excluding hydrogens is 528 g/mol. The molecular formula is C26H19Cl4N3O2. The lowest BCUT2D eigenvalue weighted by Gasteiger charge is -2.35. The number of halogens is 4. The molecule has 0 aliphatic carbocycles. The van der Waals surface area contributed by atoms with Gasteiger partial charge < -0.3 is 14.2 Å². The van der Waals surface area contributed by atoms with E-state index in [0.717, 1.165) is 11.3 Å². The van der Waals surface area contributed by atoms with Gasteiger partial charge in [0.1, 0.15) is 5.69 Å². The zero-order valence-electron chi connectivity index (χ0n) is 18.3. The zero-order chi connectivity index (χ0) is 24.5. The first-order valence-corrected chi connectivity index (χ1v) is 12.4. The Hall–Kier alpha value is -2.70. The van der Waals surface area contributed by atoms with Crippen LogP contribution >= 0.6 is 46.4 Å². The molecule has 0 atom stereocenters. The number of rotatable bonds is 4. The van der Waals surface area contributed by atoms with Crippen LogP contribution in [-0.2, 0) is 0 Å². The van der Waals surface area contributed by atoms with Crippen LogP contribution in [0.2, 0.25) is 20.1 Å². The van der Waals surface area contributed by atoms with Gasteiger partial charge in [-0.2, -0.15) is 0 Å². The van der Waals surface area contributed by atoms with E-state index in [9.17, 15) is 4.79 Å². The molecule has 0 bridgehead atoms. The number of oxazole rings is 1. The van der Waals surface area contributed by atoms with Gasteiger partial charge in [0, 0.05) is 58.1 Å². The maximum atomic E-state index is 13.4. The molecule has 1 saturated heterocycles. The highest BCUT2D eigenvalue weighted by molar-refractivity contribution is 6.36. The number of amides is 1. The van der Waals surface area contributed by atoms with Crippen molar-refractivity contribution in [2.45, 2.75) is 0 Å². The predicted octanol–water partition coefficient (Wildman–Crippen LogP) is 7.58. The summed E-state index contributed by atoms with van der Waals surface area (Å²) in [5, 5.41) is 2.20. The minimum atomic E-state index is -0.271. The largest absolute Gasteiger partial charge is 0.432 e. The maximum Gasteiger partial charge on any atom is 0.309 e. The Labute approximate surface area is 222 Å². The van der Waals surface area contributed by atoms with E-state index < -0.39 is 0 Å². The molecule has 1 aliphatic heterocycles. The molecule has 2 heterocycles. The molecule has 1 aliphatic rings. The molecule has 1 aromatic heterocycles. The zero-order valence-corrected chi connectivity index (χ0v) is 21.4. The molecule has 3 aromatic carbocycles. The van der Waals surface area contributed by atoms with Crippen LogP contribution in [-0.4, -0.2) is 42.0 Å². The predicted molar refractivity (Wildman–Crippen MR) is 142 cm³/mol. The van der Waals surface area contributed by atoms with Gasteiger partial charge in [0.25, 0.3) is 5.89 Å². The fourth-order valence-corrected chi connectivity index (χ4v) is 4.78. The Kier molecular flexibility index (Phi) is 6.94. The first-order chi connectivity index (χ1) is 16.9. The van der Waals surface area contributed by atoms with Crippen LogP contribution in [0, 0.1) is 0 Å². The molecule has 0 spiro atoms. The number of carbonyl (C=O) groups excluding carboxylic acids is 1. The highest BCUT2D eigenvalue weighted by atomic mass is 35.5. The number of aromatic nitrogens is 1. The number of hydrogen-bond acceptors (Lipinski definition) is 4. The van der Waals surface area contributed by atoms with E-state index in [4.69, 9.17) is 50.8 Å². The van der Waals surface area contributed by atoms with E-state index in [2.05, 4.69) is 9.88 Å². The van der Waals surface area contributed by atoms with Gasteiger partial charge in [0.05, 0.1) is 5.02 Å². The van der Waals surface area contributed by atoms with E-state index >= 15 is 0 Å². The van der Waals surface area contributed by atoms with Crippen LogP contribution in [0.1, 0.15) is 10.7 Å². The summed E-state index contributed by atoms with van der Waals surface area (Å²) in [6.07, 6.45) is 0. The van der Waals surface area contributed by atoms with Gasteiger partial charge in [-0.1, -0.05) is 46.4 Å². The van der Waals surface area contributed by atoms with Crippen LogP contribution in [0.25, 0.3) is 22.6 Å². The topological polar surface area (TPSA) is 49.6 Å². The SMILES string of the molecule is O=C(c1nc(-c2ccc(Cl)cc2Cl)c(-c2ccc(Cl)cc2)o1)N1CCN(c2ccc(Cl)cc2)CC1. The van der Waals surface area contributed by atoms with Crippen molar-refractivity contribution in [3.05, 3.63) is 92.7 Å². The molecule has 35 heavy (non-hydrogen) atoms. The third-order valence-corrected chi connectivity index (χ3v) is 6.91. The Bertz CT molecular complexity index is 1360. The summed E-state index contributed by atoms with van der Waals surface area (Å²) in [5.41, 5.74) is 2.89. The first-order valence-electron chi connectivity index (χ1n) is 10.9. The number of benzene rings is 3. The smallest absolute Gasteiger partial charge is 0.309 e. The average molecular weight is 547 g/mol. The molecule has 0 radical (unpaired) electrons. The summed E-state index contributed by atoms with van der Waals surface area (Å²) in [4.78, 5) is 21.9. The van der Waals surface area contributed by atoms with Gasteiger partial charge in [-0.25, -0.2) is 4.98 Å². The summed E-state index contributed by atoms with van der Waals surface area (Å²) in [7, 11) is 0. The lowest BCUT2D eigenvalue weighted by atomic mass is 10.1. The van der Waals surface area contributed by atoms with E-state index in [1.54, 1.807) is 35.2 Å². The van der Waals surface area contributed by atoms with Gasteiger partial charge in [-0.3, -0.25) is 4.79 Å². The molecule has 0 N–H and O–H groups in total.